The van der Waals surface area contributed by atoms with Gasteiger partial charge in [-0.1, -0.05) is 25.2 Å². The van der Waals surface area contributed by atoms with Gasteiger partial charge in [0.15, 0.2) is 0 Å². The van der Waals surface area contributed by atoms with Crippen molar-refractivity contribution >= 4 is 29.2 Å². The minimum atomic E-state index is -0.631. The minimum Gasteiger partial charge on any atom is -0.463 e. The summed E-state index contributed by atoms with van der Waals surface area (Å²) in [7, 11) is 0. The SMILES string of the molecule is CCOC(=O)/C=C/C=C/C1C(C)C1(Cl)Cl. The molecule has 1 aliphatic rings. The van der Waals surface area contributed by atoms with Gasteiger partial charge in [-0.25, -0.2) is 4.79 Å². The molecule has 15 heavy (non-hydrogen) atoms. The van der Waals surface area contributed by atoms with Crippen LogP contribution in [0.3, 0.4) is 0 Å². The Morgan fingerprint density at radius 2 is 2.07 bits per heavy atom. The van der Waals surface area contributed by atoms with E-state index in [1.807, 2.05) is 13.0 Å². The molecule has 2 atom stereocenters. The number of carbonyl (C=O) groups is 1. The van der Waals surface area contributed by atoms with E-state index in [4.69, 9.17) is 27.9 Å². The molecule has 0 bridgehead atoms. The van der Waals surface area contributed by atoms with Crippen LogP contribution in [0.5, 0.6) is 0 Å². The molecule has 1 saturated carbocycles. The maximum Gasteiger partial charge on any atom is 0.330 e. The zero-order chi connectivity index (χ0) is 11.5. The zero-order valence-electron chi connectivity index (χ0n) is 8.74. The van der Waals surface area contributed by atoms with E-state index in [1.165, 1.54) is 6.08 Å². The molecular weight excluding hydrogens is 235 g/mol. The topological polar surface area (TPSA) is 26.3 Å². The number of hydrogen-bond acceptors (Lipinski definition) is 2. The van der Waals surface area contributed by atoms with Crippen molar-refractivity contribution in [3.63, 3.8) is 0 Å². The lowest BCUT2D eigenvalue weighted by Crippen LogP contribution is -1.98. The van der Waals surface area contributed by atoms with Crippen molar-refractivity contribution in [3.05, 3.63) is 24.3 Å². The summed E-state index contributed by atoms with van der Waals surface area (Å²) in [5, 5.41) is 0. The van der Waals surface area contributed by atoms with E-state index >= 15 is 0 Å². The van der Waals surface area contributed by atoms with E-state index in [0.717, 1.165) is 0 Å². The third kappa shape index (κ3) is 3.25. The van der Waals surface area contributed by atoms with Crippen LogP contribution < -0.4 is 0 Å². The molecule has 0 radical (unpaired) electrons. The second kappa shape index (κ2) is 5.04. The van der Waals surface area contributed by atoms with Gasteiger partial charge in [0.05, 0.1) is 6.61 Å². The summed E-state index contributed by atoms with van der Waals surface area (Å²) in [6.07, 6.45) is 6.68. The molecule has 1 rings (SSSR count). The Morgan fingerprint density at radius 3 is 2.53 bits per heavy atom. The fraction of sp³-hybridized carbons (Fsp3) is 0.545. The van der Waals surface area contributed by atoms with Gasteiger partial charge >= 0.3 is 5.97 Å². The van der Waals surface area contributed by atoms with Gasteiger partial charge in [-0.2, -0.15) is 0 Å². The van der Waals surface area contributed by atoms with Crippen molar-refractivity contribution in [2.24, 2.45) is 11.8 Å². The minimum absolute atomic E-state index is 0.174. The van der Waals surface area contributed by atoms with Crippen molar-refractivity contribution in [2.45, 2.75) is 18.2 Å². The van der Waals surface area contributed by atoms with Crippen molar-refractivity contribution in [2.75, 3.05) is 6.61 Å². The Kier molecular flexibility index (Phi) is 4.23. The summed E-state index contributed by atoms with van der Waals surface area (Å²) in [6.45, 7) is 4.14. The van der Waals surface area contributed by atoms with Crippen LogP contribution in [0.25, 0.3) is 0 Å². The second-order valence-electron chi connectivity index (χ2n) is 3.49. The molecule has 0 saturated heterocycles. The van der Waals surface area contributed by atoms with E-state index in [-0.39, 0.29) is 17.8 Å². The standard InChI is InChI=1S/C11H14Cl2O2/c1-3-15-10(14)7-5-4-6-9-8(2)11(9,12)13/h4-9H,3H2,1-2H3/b6-4+,7-5+. The highest BCUT2D eigenvalue weighted by molar-refractivity contribution is 6.51. The van der Waals surface area contributed by atoms with Gasteiger partial charge in [-0.3, -0.25) is 0 Å². The highest BCUT2D eigenvalue weighted by atomic mass is 35.5. The summed E-state index contributed by atoms with van der Waals surface area (Å²) in [5.41, 5.74) is 0. The fourth-order valence-electron chi connectivity index (χ4n) is 1.31. The van der Waals surface area contributed by atoms with Crippen LogP contribution in [-0.2, 0) is 9.53 Å². The molecule has 0 heterocycles. The summed E-state index contributed by atoms with van der Waals surface area (Å²) >= 11 is 11.9. The van der Waals surface area contributed by atoms with Crippen LogP contribution in [0.4, 0.5) is 0 Å². The summed E-state index contributed by atoms with van der Waals surface area (Å²) in [4.78, 5) is 10.9. The Bertz CT molecular complexity index is 295. The van der Waals surface area contributed by atoms with Crippen molar-refractivity contribution in [1.29, 1.82) is 0 Å². The smallest absolute Gasteiger partial charge is 0.330 e. The lowest BCUT2D eigenvalue weighted by molar-refractivity contribution is -0.137. The molecule has 0 N–H and O–H groups in total. The molecule has 1 fully saturated rings. The first-order valence-electron chi connectivity index (χ1n) is 4.89. The summed E-state index contributed by atoms with van der Waals surface area (Å²) in [5.74, 6) is 0.106. The van der Waals surface area contributed by atoms with E-state index in [0.29, 0.717) is 6.61 Å². The van der Waals surface area contributed by atoms with Crippen LogP contribution in [0.1, 0.15) is 13.8 Å². The first kappa shape index (κ1) is 12.6. The number of carbonyl (C=O) groups excluding carboxylic acids is 1. The molecular formula is C11H14Cl2O2. The number of esters is 1. The van der Waals surface area contributed by atoms with E-state index in [9.17, 15) is 4.79 Å². The zero-order valence-corrected chi connectivity index (χ0v) is 10.3. The maximum absolute atomic E-state index is 10.9. The van der Waals surface area contributed by atoms with Gasteiger partial charge in [-0.05, 0) is 12.8 Å². The molecule has 0 aromatic heterocycles. The Morgan fingerprint density at radius 1 is 1.47 bits per heavy atom. The quantitative estimate of drug-likeness (QED) is 0.331. The third-order valence-electron chi connectivity index (χ3n) is 2.43. The molecule has 84 valence electrons. The lowest BCUT2D eigenvalue weighted by Gasteiger charge is -1.92. The van der Waals surface area contributed by atoms with Crippen LogP contribution in [0.15, 0.2) is 24.3 Å². The number of hydrogen-bond donors (Lipinski definition) is 0. The Balaban J connectivity index is 2.32. The normalized spacial score (nSPS) is 28.5. The number of rotatable bonds is 4. The monoisotopic (exact) mass is 248 g/mol. The maximum atomic E-state index is 10.9. The first-order chi connectivity index (χ1) is 7.00. The highest BCUT2D eigenvalue weighted by Crippen LogP contribution is 2.59. The fourth-order valence-corrected chi connectivity index (χ4v) is 1.98. The predicted octanol–water partition coefficient (Wildman–Crippen LogP) is 3.10. The van der Waals surface area contributed by atoms with Gasteiger partial charge in [0.2, 0.25) is 0 Å². The first-order valence-corrected chi connectivity index (χ1v) is 5.65. The average Bonchev–Trinajstić information content (AvgIpc) is 2.62. The van der Waals surface area contributed by atoms with Crippen LogP contribution in [0, 0.1) is 11.8 Å². The molecule has 0 aromatic rings. The van der Waals surface area contributed by atoms with Gasteiger partial charge in [0.25, 0.3) is 0 Å². The van der Waals surface area contributed by atoms with Crippen LogP contribution >= 0.6 is 23.2 Å². The summed E-state index contributed by atoms with van der Waals surface area (Å²) < 4.78 is 4.08. The molecule has 2 unspecified atom stereocenters. The van der Waals surface area contributed by atoms with E-state index in [1.54, 1.807) is 19.1 Å². The van der Waals surface area contributed by atoms with Crippen molar-refractivity contribution in [3.8, 4) is 0 Å². The van der Waals surface area contributed by atoms with Crippen LogP contribution in [0.2, 0.25) is 0 Å². The van der Waals surface area contributed by atoms with Crippen molar-refractivity contribution < 1.29 is 9.53 Å². The number of allylic oxidation sites excluding steroid dienone is 3. The Labute approximate surface area is 99.9 Å². The predicted molar refractivity (Wildman–Crippen MR) is 62.0 cm³/mol. The largest absolute Gasteiger partial charge is 0.463 e. The highest BCUT2D eigenvalue weighted by Gasteiger charge is 2.58. The number of alkyl halides is 2. The summed E-state index contributed by atoms with van der Waals surface area (Å²) in [6, 6.07) is 0. The molecule has 0 aromatic carbocycles. The molecule has 0 spiro atoms. The third-order valence-corrected chi connectivity index (χ3v) is 3.62. The number of ether oxygens (including phenoxy) is 1. The van der Waals surface area contributed by atoms with E-state index < -0.39 is 4.33 Å². The molecule has 4 heteroatoms. The molecule has 1 aliphatic carbocycles. The number of halogens is 2. The van der Waals surface area contributed by atoms with Gasteiger partial charge in [0.1, 0.15) is 4.33 Å². The van der Waals surface area contributed by atoms with Crippen molar-refractivity contribution in [1.82, 2.24) is 0 Å². The van der Waals surface area contributed by atoms with Gasteiger partial charge < -0.3 is 4.74 Å². The van der Waals surface area contributed by atoms with Gasteiger partial charge in [0, 0.05) is 12.0 Å². The average molecular weight is 249 g/mol. The molecule has 2 nitrogen and oxygen atoms in total. The second-order valence-corrected chi connectivity index (χ2v) is 4.93. The lowest BCUT2D eigenvalue weighted by atomic mass is 10.3. The molecule has 0 amide bonds. The van der Waals surface area contributed by atoms with Gasteiger partial charge in [-0.15, -0.1) is 23.2 Å². The van der Waals surface area contributed by atoms with Crippen LogP contribution in [-0.4, -0.2) is 16.9 Å². The van der Waals surface area contributed by atoms with E-state index in [2.05, 4.69) is 0 Å². The Hall–Kier alpha value is -0.470. The molecule has 0 aliphatic heterocycles.